The second-order valence-electron chi connectivity index (χ2n) is 5.63. The maximum Gasteiger partial charge on any atom is 0.130 e. The van der Waals surface area contributed by atoms with Crippen LogP contribution in [0.15, 0.2) is 54.9 Å². The largest absolute Gasteiger partial charge is 0.497 e. The molecule has 3 aromatic rings. The summed E-state index contributed by atoms with van der Waals surface area (Å²) in [7, 11) is 3.60. The maximum atomic E-state index is 5.96. The summed E-state index contributed by atoms with van der Waals surface area (Å²) in [6.45, 7) is 1.83. The lowest BCUT2D eigenvalue weighted by Gasteiger charge is -2.13. The Kier molecular flexibility index (Phi) is 5.64. The number of hydrogen-bond acceptors (Lipinski definition) is 5. The van der Waals surface area contributed by atoms with Crippen LogP contribution in [-0.4, -0.2) is 21.9 Å². The van der Waals surface area contributed by atoms with E-state index in [1.54, 1.807) is 19.5 Å². The average Bonchev–Trinajstić information content (AvgIpc) is 3.06. The van der Waals surface area contributed by atoms with Gasteiger partial charge >= 0.3 is 0 Å². The predicted molar refractivity (Wildman–Crippen MR) is 95.3 cm³/mol. The molecular formula is C19H22N4O2. The lowest BCUT2D eigenvalue weighted by atomic mass is 10.2. The maximum absolute atomic E-state index is 5.96. The van der Waals surface area contributed by atoms with E-state index in [2.05, 4.69) is 15.4 Å². The summed E-state index contributed by atoms with van der Waals surface area (Å²) in [6, 6.07) is 13.6. The molecule has 3 rings (SSSR count). The van der Waals surface area contributed by atoms with Crippen molar-refractivity contribution in [2.45, 2.75) is 19.7 Å². The van der Waals surface area contributed by atoms with Gasteiger partial charge in [0.1, 0.15) is 18.1 Å². The van der Waals surface area contributed by atoms with Crippen molar-refractivity contribution in [3.63, 3.8) is 0 Å². The number of rotatable bonds is 8. The van der Waals surface area contributed by atoms with Gasteiger partial charge in [0.2, 0.25) is 0 Å². The van der Waals surface area contributed by atoms with Crippen LogP contribution in [0, 0.1) is 0 Å². The third kappa shape index (κ3) is 4.58. The number of aromatic nitrogens is 3. The summed E-state index contributed by atoms with van der Waals surface area (Å²) in [4.78, 5) is 4.29. The van der Waals surface area contributed by atoms with Crippen molar-refractivity contribution in [1.82, 2.24) is 20.1 Å². The van der Waals surface area contributed by atoms with Gasteiger partial charge in [-0.05, 0) is 36.4 Å². The Morgan fingerprint density at radius 2 is 2.00 bits per heavy atom. The Morgan fingerprint density at radius 3 is 2.72 bits per heavy atom. The van der Waals surface area contributed by atoms with Crippen LogP contribution in [0.2, 0.25) is 0 Å². The molecule has 0 aliphatic rings. The molecule has 2 heterocycles. The van der Waals surface area contributed by atoms with Gasteiger partial charge in [-0.3, -0.25) is 9.67 Å². The van der Waals surface area contributed by atoms with E-state index in [0.717, 1.165) is 35.0 Å². The van der Waals surface area contributed by atoms with Gasteiger partial charge in [0.25, 0.3) is 0 Å². The molecule has 6 heteroatoms. The van der Waals surface area contributed by atoms with Crippen molar-refractivity contribution in [3.8, 4) is 11.5 Å². The minimum atomic E-state index is 0.432. The van der Waals surface area contributed by atoms with Crippen LogP contribution in [0.5, 0.6) is 11.5 Å². The van der Waals surface area contributed by atoms with Crippen LogP contribution in [0.25, 0.3) is 0 Å². The van der Waals surface area contributed by atoms with Gasteiger partial charge in [-0.1, -0.05) is 6.07 Å². The zero-order valence-corrected chi connectivity index (χ0v) is 14.5. The summed E-state index contributed by atoms with van der Waals surface area (Å²) < 4.78 is 13.2. The molecule has 0 fully saturated rings. The van der Waals surface area contributed by atoms with Gasteiger partial charge in [-0.2, -0.15) is 5.10 Å². The van der Waals surface area contributed by atoms with Gasteiger partial charge < -0.3 is 14.8 Å². The fourth-order valence-electron chi connectivity index (χ4n) is 2.50. The molecule has 0 aliphatic heterocycles. The number of hydrogen-bond donors (Lipinski definition) is 1. The third-order valence-electron chi connectivity index (χ3n) is 3.91. The Labute approximate surface area is 147 Å². The summed E-state index contributed by atoms with van der Waals surface area (Å²) in [5, 5.41) is 7.60. The van der Waals surface area contributed by atoms with Crippen LogP contribution in [0.3, 0.4) is 0 Å². The zero-order chi connectivity index (χ0) is 17.5. The van der Waals surface area contributed by atoms with E-state index in [4.69, 9.17) is 9.47 Å². The quantitative estimate of drug-likeness (QED) is 0.684. The molecule has 0 bridgehead atoms. The summed E-state index contributed by atoms with van der Waals surface area (Å²) in [5.41, 5.74) is 3.06. The van der Waals surface area contributed by atoms with E-state index in [1.807, 2.05) is 54.2 Å². The number of pyridine rings is 1. The molecule has 1 N–H and O–H groups in total. The zero-order valence-electron chi connectivity index (χ0n) is 14.5. The third-order valence-corrected chi connectivity index (χ3v) is 3.91. The highest BCUT2D eigenvalue weighted by molar-refractivity contribution is 5.40. The van der Waals surface area contributed by atoms with Crippen LogP contribution in [0.4, 0.5) is 0 Å². The van der Waals surface area contributed by atoms with Crippen LogP contribution in [0.1, 0.15) is 17.0 Å². The van der Waals surface area contributed by atoms with Crippen molar-refractivity contribution in [2.24, 2.45) is 7.05 Å². The van der Waals surface area contributed by atoms with Crippen molar-refractivity contribution < 1.29 is 9.47 Å². The van der Waals surface area contributed by atoms with Crippen molar-refractivity contribution in [3.05, 3.63) is 71.8 Å². The molecule has 0 aliphatic carbocycles. The number of aryl methyl sites for hydroxylation is 1. The molecule has 0 saturated heterocycles. The van der Waals surface area contributed by atoms with E-state index in [9.17, 15) is 0 Å². The van der Waals surface area contributed by atoms with Gasteiger partial charge in [0.05, 0.1) is 18.5 Å². The Hall–Kier alpha value is -2.86. The standard InChI is InChI=1S/C19H22N4O2/c1-23-17(8-10-22-23)13-20-12-15-11-18(24-2)6-7-19(15)25-14-16-5-3-4-9-21-16/h3-11,20H,12-14H2,1-2H3. The van der Waals surface area contributed by atoms with Crippen molar-refractivity contribution in [1.29, 1.82) is 0 Å². The second-order valence-corrected chi connectivity index (χ2v) is 5.63. The average molecular weight is 338 g/mol. The SMILES string of the molecule is COc1ccc(OCc2ccccn2)c(CNCc2ccnn2C)c1. The molecule has 1 aromatic carbocycles. The molecular weight excluding hydrogens is 316 g/mol. The summed E-state index contributed by atoms with van der Waals surface area (Å²) >= 11 is 0. The van der Waals surface area contributed by atoms with Crippen LogP contribution < -0.4 is 14.8 Å². The number of nitrogens with zero attached hydrogens (tertiary/aromatic N) is 3. The monoisotopic (exact) mass is 338 g/mol. The fraction of sp³-hybridized carbons (Fsp3) is 0.263. The topological polar surface area (TPSA) is 61.2 Å². The number of benzene rings is 1. The number of ether oxygens (including phenoxy) is 2. The smallest absolute Gasteiger partial charge is 0.130 e. The first-order valence-electron chi connectivity index (χ1n) is 8.13. The minimum absolute atomic E-state index is 0.432. The summed E-state index contributed by atoms with van der Waals surface area (Å²) in [6.07, 6.45) is 3.56. The van der Waals surface area contributed by atoms with Crippen LogP contribution in [-0.2, 0) is 26.7 Å². The lowest BCUT2D eigenvalue weighted by Crippen LogP contribution is -2.16. The second kappa shape index (κ2) is 8.30. The highest BCUT2D eigenvalue weighted by atomic mass is 16.5. The number of nitrogens with one attached hydrogen (secondary N) is 1. The highest BCUT2D eigenvalue weighted by Crippen LogP contribution is 2.25. The Bertz CT molecular complexity index is 802. The Morgan fingerprint density at radius 1 is 1.08 bits per heavy atom. The van der Waals surface area contributed by atoms with Gasteiger partial charge in [0.15, 0.2) is 0 Å². The van der Waals surface area contributed by atoms with Crippen LogP contribution >= 0.6 is 0 Å². The predicted octanol–water partition coefficient (Wildman–Crippen LogP) is 2.69. The molecule has 0 unspecified atom stereocenters. The molecule has 6 nitrogen and oxygen atoms in total. The summed E-state index contributed by atoms with van der Waals surface area (Å²) in [5.74, 6) is 1.63. The first-order valence-corrected chi connectivity index (χ1v) is 8.13. The normalized spacial score (nSPS) is 10.6. The van der Waals surface area contributed by atoms with Crippen molar-refractivity contribution in [2.75, 3.05) is 7.11 Å². The molecule has 0 amide bonds. The van der Waals surface area contributed by atoms with E-state index in [0.29, 0.717) is 13.2 Å². The number of methoxy groups -OCH3 is 1. The first-order chi connectivity index (χ1) is 12.3. The van der Waals surface area contributed by atoms with Crippen molar-refractivity contribution >= 4 is 0 Å². The van der Waals surface area contributed by atoms with Gasteiger partial charge in [-0.15, -0.1) is 0 Å². The molecule has 25 heavy (non-hydrogen) atoms. The van der Waals surface area contributed by atoms with E-state index < -0.39 is 0 Å². The van der Waals surface area contributed by atoms with Gasteiger partial charge in [0, 0.05) is 38.1 Å². The lowest BCUT2D eigenvalue weighted by molar-refractivity contribution is 0.296. The molecule has 0 radical (unpaired) electrons. The van der Waals surface area contributed by atoms with E-state index in [1.165, 1.54) is 0 Å². The minimum Gasteiger partial charge on any atom is -0.497 e. The fourth-order valence-corrected chi connectivity index (χ4v) is 2.50. The molecule has 130 valence electrons. The first kappa shape index (κ1) is 17.0. The van der Waals surface area contributed by atoms with Gasteiger partial charge in [-0.25, -0.2) is 0 Å². The molecule has 0 saturated carbocycles. The molecule has 2 aromatic heterocycles. The Balaban J connectivity index is 1.66. The molecule has 0 spiro atoms. The van der Waals surface area contributed by atoms with E-state index in [-0.39, 0.29) is 0 Å². The highest BCUT2D eigenvalue weighted by Gasteiger charge is 2.07. The molecule has 0 atom stereocenters. The van der Waals surface area contributed by atoms with E-state index >= 15 is 0 Å².